The van der Waals surface area contributed by atoms with Crippen LogP contribution in [-0.2, 0) is 152 Å². The monoisotopic (exact) mass is 1930 g/mol. The van der Waals surface area contributed by atoms with Gasteiger partial charge in [-0.1, -0.05) is 89.5 Å². The fraction of sp³-hybridized carbons (Fsp3) is 0.800. The molecule has 56 nitrogen and oxygen atoms in total. The van der Waals surface area contributed by atoms with Crippen LogP contribution in [0, 0.1) is 0 Å². The maximum atomic E-state index is 10.1. The van der Waals surface area contributed by atoms with Gasteiger partial charge in [0.25, 0.3) is 0 Å². The number of nitrogens with zero attached hydrogens (tertiary/aromatic N) is 24. The van der Waals surface area contributed by atoms with Crippen molar-refractivity contribution in [3.63, 3.8) is 0 Å². The molecule has 0 aromatic heterocycles. The summed E-state index contributed by atoms with van der Waals surface area (Å²) in [6, 6.07) is 0. The first kappa shape index (κ1) is 111. The molecule has 0 radical (unpaired) electrons. The molecule has 21 aliphatic rings. The molecule has 136 heavy (non-hydrogen) atoms. The van der Waals surface area contributed by atoms with Crippen LogP contribution in [0.2, 0.25) is 0 Å². The van der Waals surface area contributed by atoms with Gasteiger partial charge in [0, 0.05) is 96.2 Å². The van der Waals surface area contributed by atoms with E-state index in [2.05, 4.69) is 133 Å². The van der Waals surface area contributed by atoms with Crippen LogP contribution < -0.4 is 0 Å². The average molecular weight is 1930 g/mol. The van der Waals surface area contributed by atoms with Gasteiger partial charge in [0.2, 0.25) is 0 Å². The van der Waals surface area contributed by atoms with Gasteiger partial charge in [-0.15, -0.1) is 52.6 Å². The van der Waals surface area contributed by atoms with E-state index in [0.29, 0.717) is 0 Å². The summed E-state index contributed by atoms with van der Waals surface area (Å²) in [5.41, 5.74) is 81.2. The molecular formula is C80H120N24O32. The topological polar surface area (TPSA) is 685 Å². The fourth-order valence-corrected chi connectivity index (χ4v) is 17.6. The molecule has 0 aromatic rings. The van der Waals surface area contributed by atoms with Crippen LogP contribution in [-0.4, -0.2) is 408 Å². The number of ether oxygens (including phenoxy) is 32. The predicted molar refractivity (Wildman–Crippen MR) is 466 cm³/mol. The molecule has 21 heterocycles. The average Bonchev–Trinajstić information content (AvgIpc) is 0.757. The Morgan fingerprint density at radius 3 is 0.368 bits per heavy atom. The predicted octanol–water partition coefficient (Wildman–Crippen LogP) is 8.05. The number of hydrogen-bond donors (Lipinski definition) is 0. The van der Waals surface area contributed by atoms with Gasteiger partial charge in [-0.2, -0.15) is 0 Å². The first-order chi connectivity index (χ1) is 66.5. The Morgan fingerprint density at radius 2 is 0.287 bits per heavy atom. The zero-order chi connectivity index (χ0) is 98.0. The van der Waals surface area contributed by atoms with Crippen molar-refractivity contribution in [2.45, 2.75) is 246 Å². The van der Waals surface area contributed by atoms with E-state index in [1.807, 2.05) is 0 Å². The molecule has 40 atom stereocenters. The molecule has 21 saturated heterocycles. The molecule has 0 N–H and O–H groups in total. The van der Waals surface area contributed by atoms with Gasteiger partial charge in [0.15, 0.2) is 50.3 Å². The van der Waals surface area contributed by atoms with Crippen molar-refractivity contribution in [1.29, 1.82) is 0 Å². The van der Waals surface area contributed by atoms with Crippen molar-refractivity contribution < 1.29 is 152 Å². The maximum absolute atomic E-state index is 10.1. The van der Waals surface area contributed by atoms with E-state index in [1.54, 1.807) is 0 Å². The van der Waals surface area contributed by atoms with Gasteiger partial charge in [-0.05, 0) is 44.2 Å². The summed E-state index contributed by atoms with van der Waals surface area (Å²) in [6.45, 7) is 25.1. The molecule has 0 amide bonds. The molecule has 21 fully saturated rings. The second-order valence-corrected chi connectivity index (χ2v) is 30.8. The minimum Gasteiger partial charge on any atom is -0.376 e. The summed E-state index contributed by atoms with van der Waals surface area (Å²) in [7, 11) is 10.6. The molecule has 0 aromatic carbocycles. The van der Waals surface area contributed by atoms with Crippen LogP contribution >= 0.6 is 0 Å². The number of rotatable bonds is 48. The van der Waals surface area contributed by atoms with Gasteiger partial charge in [0.05, 0.1) is 154 Å². The molecule has 16 bridgehead atoms. The maximum Gasteiger partial charge on any atom is 0.187 e. The van der Waals surface area contributed by atoms with Crippen LogP contribution in [0.3, 0.4) is 0 Å². The third kappa shape index (κ3) is 27.8. The van der Waals surface area contributed by atoms with E-state index < -0.39 is 298 Å². The summed E-state index contributed by atoms with van der Waals surface area (Å²) < 4.78 is 216. The minimum absolute atomic E-state index is 0.223. The molecular weight excluding hydrogens is 1810 g/mol. The van der Waals surface area contributed by atoms with Gasteiger partial charge in [-0.25, -0.2) is 0 Å². The van der Waals surface area contributed by atoms with Crippen molar-refractivity contribution in [1.82, 2.24) is 0 Å². The largest absolute Gasteiger partial charge is 0.376 e. The van der Waals surface area contributed by atoms with Crippen molar-refractivity contribution in [3.8, 4) is 0 Å². The van der Waals surface area contributed by atoms with Gasteiger partial charge >= 0.3 is 0 Å². The number of hydrogen-bond acceptors (Lipinski definition) is 40. The molecule has 21 rings (SSSR count). The Kier molecular flexibility index (Phi) is 47.9. The lowest BCUT2D eigenvalue weighted by molar-refractivity contribution is -0.406. The van der Waals surface area contributed by atoms with Gasteiger partial charge < -0.3 is 152 Å². The fourth-order valence-electron chi connectivity index (χ4n) is 17.6. The van der Waals surface area contributed by atoms with Crippen LogP contribution in [0.5, 0.6) is 0 Å². The lowest BCUT2D eigenvalue weighted by Gasteiger charge is -2.53. The minimum atomic E-state index is -1.66. The summed E-state index contributed by atoms with van der Waals surface area (Å²) in [5.74, 6) is 0. The Bertz CT molecular complexity index is 3420. The zero-order valence-corrected chi connectivity index (χ0v) is 76.5. The Hall–Kier alpha value is -8.88. The normalized spacial score (nSPS) is 39.0. The molecule has 21 aliphatic heterocycles. The highest BCUT2D eigenvalue weighted by Crippen LogP contribution is 2.45. The standard InChI is InChI=1S/C80H120N24O32/c1-17-25-113-65-57(105-9)49-41(33-89-97-81)121-73(65)129-50-42(34-90-98-82)122-75(66(58(50)106-10)114-26-18-2)131-52-44(36-92-100-84)124-77(68(60(52)108-12)116-28-20-4)133-54-46(38-94-102-86)126-79(70(62(54)110-14)118-30-22-6)135-56-48(40-96-104-88)128-80(72(64(56)112-16)120-32-24-8)136-55-47(39-95-103-87)127-78(71(63(55)111-15)119-31-23-7)134-53-45(37-93-101-85)125-76(69(61(53)109-13)117-29-21-5)132-51-43(35-91-99-83)123-74(130-49)67(59(51)107-11)115-27-19-3/h17-24,41-80H,1-8,25-40H2,9-16H3/t41-,42-,43-,44-,45-,46-,47-,48-,49-,50-,51-,52-,53-,54-,55-,56-,57+,58+,59+,60+,61+,62+,63+,64+,65-,66-,67-,68-,69-,70-,71-,72-,73-,74-,75-,76-,77-,78-,79-,80-/m1/s1. The Labute approximate surface area is 782 Å². The highest BCUT2D eigenvalue weighted by atomic mass is 16.8. The second kappa shape index (κ2) is 58.9. The van der Waals surface area contributed by atoms with Crippen LogP contribution in [0.15, 0.2) is 142 Å². The summed E-state index contributed by atoms with van der Waals surface area (Å²) >= 11 is 0. The van der Waals surface area contributed by atoms with Gasteiger partial charge in [-0.3, -0.25) is 0 Å². The lowest BCUT2D eigenvalue weighted by atomic mass is 9.93. The van der Waals surface area contributed by atoms with E-state index in [4.69, 9.17) is 152 Å². The zero-order valence-electron chi connectivity index (χ0n) is 76.5. The van der Waals surface area contributed by atoms with E-state index in [-0.39, 0.29) is 52.9 Å². The van der Waals surface area contributed by atoms with E-state index in [1.165, 1.54) is 105 Å². The van der Waals surface area contributed by atoms with Crippen molar-refractivity contribution >= 4 is 0 Å². The number of azide groups is 8. The van der Waals surface area contributed by atoms with Crippen LogP contribution in [0.25, 0.3) is 83.5 Å². The second-order valence-electron chi connectivity index (χ2n) is 30.8. The highest BCUT2D eigenvalue weighted by molar-refractivity contribution is 5.08. The van der Waals surface area contributed by atoms with E-state index in [9.17, 15) is 44.2 Å². The van der Waals surface area contributed by atoms with Crippen molar-refractivity contribution in [3.05, 3.63) is 185 Å². The Balaban J connectivity index is 1.26. The molecule has 752 valence electrons. The smallest absolute Gasteiger partial charge is 0.187 e. The Morgan fingerprint density at radius 1 is 0.184 bits per heavy atom. The summed E-state index contributed by atoms with van der Waals surface area (Å²) in [6.07, 6.45) is -47.4. The molecule has 56 heteroatoms. The molecule has 0 spiro atoms. The van der Waals surface area contributed by atoms with Crippen LogP contribution in [0.1, 0.15) is 0 Å². The quantitative estimate of drug-likeness (QED) is 0.0240. The van der Waals surface area contributed by atoms with Gasteiger partial charge in [0.1, 0.15) is 146 Å². The summed E-state index contributed by atoms with van der Waals surface area (Å²) in [5, 5.41) is 31.6. The number of methoxy groups -OCH3 is 8. The molecule has 0 saturated carbocycles. The lowest BCUT2D eigenvalue weighted by Crippen LogP contribution is -2.70. The van der Waals surface area contributed by atoms with E-state index >= 15 is 0 Å². The SMILES string of the molecule is C=CCO[C@H]1[C@H]2O[C@H]3[C@H](OC)[C@@H](OCC=C)[C@@H](O[C@H]4[C@H](OC)[C@@H](OCC=C)[C@@H](O[C@H]5[C@H](OC)[C@@H](OCC=C)[C@@H](O[C@H]6[C@H](OC)[C@@H](OCC=C)[C@@H](O[C@H]7[C@H](OC)[C@@H](OCC=C)[C@@H](O[C@H]8[C@H](OC)[C@@H](OCC=C)[C@@H](O[C@H]9[C@H](OC)[C@@H](OCC=C)[C@@H](O[C@@H]([C@@H]1OC)[C@@H](CN=[N+]=[N-])O2)O[C@@H]9CN=[N+]=[N-])O[C@@H]8CN=[N+]=[N-])O[C@@H]7CN=[N+]=[N-])O[C@@H]6CN=[N+]=[N-])O[C@@H]5CN=[N+]=[N-])O[C@@H]4CN=[N+]=[N-])O[C@@H]3CN=[N+]=[N-]. The first-order valence-corrected chi connectivity index (χ1v) is 43.1. The third-order valence-electron chi connectivity index (χ3n) is 23.1. The highest BCUT2D eigenvalue weighted by Gasteiger charge is 2.64. The van der Waals surface area contributed by atoms with Crippen molar-refractivity contribution in [2.24, 2.45) is 40.9 Å². The van der Waals surface area contributed by atoms with E-state index in [0.717, 1.165) is 0 Å². The third-order valence-corrected chi connectivity index (χ3v) is 23.1. The molecule has 0 aliphatic carbocycles. The first-order valence-electron chi connectivity index (χ1n) is 43.1. The van der Waals surface area contributed by atoms with Crippen LogP contribution in [0.4, 0.5) is 0 Å². The van der Waals surface area contributed by atoms with Crippen molar-refractivity contribution in [2.75, 3.05) is 162 Å². The summed E-state index contributed by atoms with van der Waals surface area (Å²) in [4.78, 5) is 24.6. The molecule has 0 unspecified atom stereocenters.